The quantitative estimate of drug-likeness (QED) is 0.729. The first kappa shape index (κ1) is 19.3. The fourth-order valence-corrected chi connectivity index (χ4v) is 7.60. The molecule has 156 valence electrons. The van der Waals surface area contributed by atoms with Crippen LogP contribution < -0.4 is 0 Å². The molecule has 1 heterocycles. The second-order valence-corrected chi connectivity index (χ2v) is 10.3. The minimum Gasteiger partial charge on any atom is -0.386 e. The van der Waals surface area contributed by atoms with Crippen LogP contribution in [-0.2, 0) is 4.79 Å². The third-order valence-electron chi connectivity index (χ3n) is 9.23. The molecule has 1 aromatic heterocycles. The number of aliphatic hydroxyl groups is 1. The van der Waals surface area contributed by atoms with Gasteiger partial charge in [-0.25, -0.2) is 8.78 Å². The Morgan fingerprint density at radius 1 is 1.21 bits per heavy atom. The van der Waals surface area contributed by atoms with E-state index in [-0.39, 0.29) is 41.2 Å². The van der Waals surface area contributed by atoms with Crippen molar-refractivity contribution >= 4 is 11.4 Å². The molecule has 2 unspecified atom stereocenters. The number of aromatic nitrogens is 1. The zero-order valence-corrected chi connectivity index (χ0v) is 17.1. The van der Waals surface area contributed by atoms with Gasteiger partial charge >= 0.3 is 0 Å². The summed E-state index contributed by atoms with van der Waals surface area (Å²) in [5, 5.41) is 11.3. The number of carbonyl (C=O) groups is 1. The lowest BCUT2D eigenvalue weighted by molar-refractivity contribution is -0.229. The predicted octanol–water partition coefficient (Wildman–Crippen LogP) is 4.89. The topological polar surface area (TPSA) is 50.2 Å². The third-order valence-corrected chi connectivity index (χ3v) is 9.23. The first-order valence-corrected chi connectivity index (χ1v) is 10.9. The Labute approximate surface area is 170 Å². The van der Waals surface area contributed by atoms with E-state index in [2.05, 4.69) is 18.0 Å². The molecule has 0 amide bonds. The molecule has 0 saturated heterocycles. The van der Waals surface area contributed by atoms with Crippen LogP contribution in [0.25, 0.3) is 5.57 Å². The van der Waals surface area contributed by atoms with Gasteiger partial charge in [-0.05, 0) is 72.5 Å². The van der Waals surface area contributed by atoms with Gasteiger partial charge in [-0.15, -0.1) is 0 Å². The van der Waals surface area contributed by atoms with Crippen LogP contribution in [0.2, 0.25) is 0 Å². The summed E-state index contributed by atoms with van der Waals surface area (Å²) in [5.41, 5.74) is -0.265. The summed E-state index contributed by atoms with van der Waals surface area (Å²) < 4.78 is 29.3. The van der Waals surface area contributed by atoms with Crippen molar-refractivity contribution < 1.29 is 18.7 Å². The fourth-order valence-electron chi connectivity index (χ4n) is 7.60. The number of nitrogens with zero attached hydrogens (tertiary/aromatic N) is 1. The van der Waals surface area contributed by atoms with E-state index < -0.39 is 17.2 Å². The Morgan fingerprint density at radius 2 is 2.00 bits per heavy atom. The number of fused-ring (bicyclic) bond motifs is 5. The van der Waals surface area contributed by atoms with Crippen LogP contribution in [0.5, 0.6) is 0 Å². The van der Waals surface area contributed by atoms with Crippen molar-refractivity contribution in [1.82, 2.24) is 4.98 Å². The van der Waals surface area contributed by atoms with Crippen LogP contribution >= 0.6 is 0 Å². The average molecular weight is 401 g/mol. The maximum absolute atomic E-state index is 15.5. The highest BCUT2D eigenvalue weighted by molar-refractivity contribution is 5.81. The van der Waals surface area contributed by atoms with E-state index in [1.807, 2.05) is 6.92 Å². The number of carbonyl (C=O) groups excluding carboxylic acids is 1. The van der Waals surface area contributed by atoms with E-state index in [0.717, 1.165) is 30.4 Å². The van der Waals surface area contributed by atoms with Crippen LogP contribution in [0, 0.1) is 34.4 Å². The van der Waals surface area contributed by atoms with Gasteiger partial charge in [0, 0.05) is 24.5 Å². The van der Waals surface area contributed by atoms with Crippen LogP contribution in [0.1, 0.15) is 64.4 Å². The Morgan fingerprint density at radius 3 is 2.76 bits per heavy atom. The van der Waals surface area contributed by atoms with Crippen molar-refractivity contribution in [3.8, 4) is 0 Å². The van der Waals surface area contributed by atoms with Gasteiger partial charge in [-0.3, -0.25) is 9.78 Å². The molecule has 7 atom stereocenters. The highest BCUT2D eigenvalue weighted by Crippen LogP contribution is 2.68. The maximum Gasteiger partial charge on any atom is 0.142 e. The van der Waals surface area contributed by atoms with Crippen molar-refractivity contribution in [1.29, 1.82) is 0 Å². The highest BCUT2D eigenvalue weighted by Gasteiger charge is 2.67. The van der Waals surface area contributed by atoms with Gasteiger partial charge in [0.15, 0.2) is 0 Å². The largest absolute Gasteiger partial charge is 0.386 e. The second kappa shape index (κ2) is 6.19. The van der Waals surface area contributed by atoms with Crippen molar-refractivity contribution in [3.05, 3.63) is 35.9 Å². The summed E-state index contributed by atoms with van der Waals surface area (Å²) in [4.78, 5) is 16.1. The van der Waals surface area contributed by atoms with Crippen LogP contribution in [0.4, 0.5) is 8.78 Å². The predicted molar refractivity (Wildman–Crippen MR) is 106 cm³/mol. The Hall–Kier alpha value is -1.62. The van der Waals surface area contributed by atoms with Crippen molar-refractivity contribution in [2.24, 2.45) is 28.6 Å². The standard InChI is InChI=1S/C24H29F2NO2/c1-22-7-6-20-17(10-21(26)24(29)11-16(28)5-8-23(20,24)2)19(22)4-3-18(22)14-9-15(25)13-27-12-14/h3,9,12-13,17,19-21,29H,4-8,10-11H2,1-2H3/t17-,19-,20-,21?,22+,23+,24?/m0/s1. The number of hydrogen-bond donors (Lipinski definition) is 1. The van der Waals surface area contributed by atoms with Gasteiger partial charge in [0.05, 0.1) is 6.20 Å². The number of rotatable bonds is 1. The van der Waals surface area contributed by atoms with E-state index in [1.54, 1.807) is 12.3 Å². The molecule has 1 N–H and O–H groups in total. The molecule has 0 aromatic carbocycles. The summed E-state index contributed by atoms with van der Waals surface area (Å²) in [6.45, 7) is 4.25. The molecule has 4 aliphatic carbocycles. The van der Waals surface area contributed by atoms with Gasteiger partial charge in [0.2, 0.25) is 0 Å². The van der Waals surface area contributed by atoms with E-state index in [9.17, 15) is 14.3 Å². The first-order valence-electron chi connectivity index (χ1n) is 10.9. The molecule has 3 saturated carbocycles. The minimum atomic E-state index is -1.53. The van der Waals surface area contributed by atoms with Crippen molar-refractivity contribution in [2.45, 2.75) is 70.6 Å². The van der Waals surface area contributed by atoms with E-state index in [0.29, 0.717) is 19.3 Å². The minimum absolute atomic E-state index is 0.0184. The highest BCUT2D eigenvalue weighted by atomic mass is 19.1. The molecular weight excluding hydrogens is 372 g/mol. The van der Waals surface area contributed by atoms with Gasteiger partial charge in [0.1, 0.15) is 23.4 Å². The molecule has 5 rings (SSSR count). The number of Topliss-reactive ketones (excluding diaryl/α,β-unsaturated/α-hetero) is 1. The van der Waals surface area contributed by atoms with Gasteiger partial charge in [-0.2, -0.15) is 0 Å². The number of alkyl halides is 1. The van der Waals surface area contributed by atoms with Crippen LogP contribution in [0.3, 0.4) is 0 Å². The number of pyridine rings is 1. The molecule has 29 heavy (non-hydrogen) atoms. The third kappa shape index (κ3) is 2.49. The summed E-state index contributed by atoms with van der Waals surface area (Å²) in [7, 11) is 0. The Bertz CT molecular complexity index is 901. The van der Waals surface area contributed by atoms with E-state index in [1.165, 1.54) is 6.20 Å². The molecular formula is C24H29F2NO2. The van der Waals surface area contributed by atoms with Gasteiger partial charge in [-0.1, -0.05) is 19.9 Å². The summed E-state index contributed by atoms with van der Waals surface area (Å²) >= 11 is 0. The van der Waals surface area contributed by atoms with Crippen molar-refractivity contribution in [3.63, 3.8) is 0 Å². The molecule has 4 aliphatic rings. The van der Waals surface area contributed by atoms with Gasteiger partial charge < -0.3 is 5.11 Å². The molecule has 1 aromatic rings. The second-order valence-electron chi connectivity index (χ2n) is 10.3. The Balaban J connectivity index is 1.50. The summed E-state index contributed by atoms with van der Waals surface area (Å²) in [6, 6.07) is 1.55. The lowest BCUT2D eigenvalue weighted by atomic mass is 9.43. The lowest BCUT2D eigenvalue weighted by Crippen LogP contribution is -2.67. The molecule has 0 radical (unpaired) electrons. The van der Waals surface area contributed by atoms with Gasteiger partial charge in [0.25, 0.3) is 0 Å². The molecule has 3 fully saturated rings. The van der Waals surface area contributed by atoms with E-state index >= 15 is 4.39 Å². The first-order chi connectivity index (χ1) is 13.7. The molecule has 3 nitrogen and oxygen atoms in total. The van der Waals surface area contributed by atoms with Crippen LogP contribution in [-0.4, -0.2) is 27.6 Å². The normalized spacial score (nSPS) is 46.5. The summed E-state index contributed by atoms with van der Waals surface area (Å²) in [5.74, 6) is 0.295. The molecule has 0 spiro atoms. The molecule has 0 bridgehead atoms. The number of allylic oxidation sites excluding steroid dienone is 2. The average Bonchev–Trinajstić information content (AvgIpc) is 3.02. The number of ketones is 1. The lowest BCUT2D eigenvalue weighted by Gasteiger charge is -2.63. The fraction of sp³-hybridized carbons (Fsp3) is 0.667. The SMILES string of the molecule is C[C@]12CC[C@H]3[C@@H](CC(F)C4(O)CC(=O)CC[C@]34C)[C@@H]1CC=C2c1cncc(F)c1. The van der Waals surface area contributed by atoms with Crippen molar-refractivity contribution in [2.75, 3.05) is 0 Å². The zero-order chi connectivity index (χ0) is 20.6. The smallest absolute Gasteiger partial charge is 0.142 e. The zero-order valence-electron chi connectivity index (χ0n) is 17.1. The number of halogens is 2. The number of hydrogen-bond acceptors (Lipinski definition) is 3. The molecule has 0 aliphatic heterocycles. The Kier molecular flexibility index (Phi) is 4.13. The maximum atomic E-state index is 15.5. The van der Waals surface area contributed by atoms with E-state index in [4.69, 9.17) is 0 Å². The molecule has 5 heteroatoms. The van der Waals surface area contributed by atoms with Crippen LogP contribution in [0.15, 0.2) is 24.5 Å². The monoisotopic (exact) mass is 401 g/mol. The summed E-state index contributed by atoms with van der Waals surface area (Å²) in [6.07, 6.45) is 7.72.